The summed E-state index contributed by atoms with van der Waals surface area (Å²) >= 11 is 4.61. The molecule has 2 aromatic carbocycles. The van der Waals surface area contributed by atoms with E-state index in [0.717, 1.165) is 24.8 Å². The van der Waals surface area contributed by atoms with E-state index < -0.39 is 11.9 Å². The van der Waals surface area contributed by atoms with Crippen LogP contribution in [0.4, 0.5) is 5.13 Å². The Hall–Kier alpha value is -2.49. The molecule has 0 bridgehead atoms. The van der Waals surface area contributed by atoms with Crippen LogP contribution in [0, 0.1) is 0 Å². The SMILES string of the molecule is COC(=O)c1ccccc1C(=O)Nc1nc2ccc3nc(SC)sc3c2s1. The summed E-state index contributed by atoms with van der Waals surface area (Å²) in [5.74, 6) is -0.957. The summed E-state index contributed by atoms with van der Waals surface area (Å²) in [5, 5.41) is 3.27. The highest BCUT2D eigenvalue weighted by molar-refractivity contribution is 8.00. The molecule has 0 aliphatic heterocycles. The largest absolute Gasteiger partial charge is 0.465 e. The molecule has 0 radical (unpaired) electrons. The van der Waals surface area contributed by atoms with Crippen molar-refractivity contribution in [3.05, 3.63) is 47.5 Å². The van der Waals surface area contributed by atoms with Gasteiger partial charge in [0.2, 0.25) is 0 Å². The van der Waals surface area contributed by atoms with Gasteiger partial charge in [-0.05, 0) is 30.5 Å². The highest BCUT2D eigenvalue weighted by atomic mass is 32.2. The van der Waals surface area contributed by atoms with E-state index in [1.54, 1.807) is 47.4 Å². The molecule has 0 aliphatic rings. The van der Waals surface area contributed by atoms with Crippen LogP contribution in [-0.2, 0) is 4.74 Å². The van der Waals surface area contributed by atoms with E-state index >= 15 is 0 Å². The van der Waals surface area contributed by atoms with Crippen LogP contribution in [-0.4, -0.2) is 35.2 Å². The molecule has 0 spiro atoms. The van der Waals surface area contributed by atoms with Gasteiger partial charge < -0.3 is 4.74 Å². The smallest absolute Gasteiger partial charge is 0.338 e. The molecule has 1 amide bonds. The molecule has 2 aromatic heterocycles. The quantitative estimate of drug-likeness (QED) is 0.385. The van der Waals surface area contributed by atoms with E-state index in [2.05, 4.69) is 15.3 Å². The molecular weight excluding hydrogens is 402 g/mol. The van der Waals surface area contributed by atoms with E-state index in [1.807, 2.05) is 18.4 Å². The lowest BCUT2D eigenvalue weighted by molar-refractivity contribution is 0.0597. The number of nitrogens with zero attached hydrogens (tertiary/aromatic N) is 2. The number of esters is 1. The van der Waals surface area contributed by atoms with E-state index in [1.165, 1.54) is 18.4 Å². The molecule has 0 atom stereocenters. The fourth-order valence-corrected chi connectivity index (χ4v) is 5.28. The van der Waals surface area contributed by atoms with Gasteiger partial charge in [-0.15, -0.1) is 11.3 Å². The molecule has 27 heavy (non-hydrogen) atoms. The van der Waals surface area contributed by atoms with Gasteiger partial charge in [0.15, 0.2) is 9.47 Å². The van der Waals surface area contributed by atoms with E-state index in [4.69, 9.17) is 4.74 Å². The van der Waals surface area contributed by atoms with Crippen molar-refractivity contribution < 1.29 is 14.3 Å². The molecule has 0 unspecified atom stereocenters. The number of carbonyl (C=O) groups excluding carboxylic acids is 2. The predicted octanol–water partition coefficient (Wildman–Crippen LogP) is 4.67. The maximum Gasteiger partial charge on any atom is 0.338 e. The Labute approximate surface area is 166 Å². The van der Waals surface area contributed by atoms with Crippen LogP contribution in [0.3, 0.4) is 0 Å². The Balaban J connectivity index is 1.70. The summed E-state index contributed by atoms with van der Waals surface area (Å²) in [4.78, 5) is 33.6. The zero-order valence-electron chi connectivity index (χ0n) is 14.3. The molecule has 136 valence electrons. The lowest BCUT2D eigenvalue weighted by Gasteiger charge is -2.06. The topological polar surface area (TPSA) is 81.2 Å². The molecule has 4 rings (SSSR count). The minimum atomic E-state index is -0.555. The van der Waals surface area contributed by atoms with Gasteiger partial charge in [0.05, 0.1) is 38.7 Å². The van der Waals surface area contributed by atoms with Crippen molar-refractivity contribution in [1.82, 2.24) is 9.97 Å². The Morgan fingerprint density at radius 1 is 1.00 bits per heavy atom. The Morgan fingerprint density at radius 3 is 2.37 bits per heavy atom. The lowest BCUT2D eigenvalue weighted by Crippen LogP contribution is -2.16. The fraction of sp³-hybridized carbons (Fsp3) is 0.111. The Bertz CT molecular complexity index is 1180. The minimum absolute atomic E-state index is 0.216. The zero-order valence-corrected chi connectivity index (χ0v) is 16.8. The number of carbonyl (C=O) groups is 2. The standard InChI is InChI=1S/C18H13N3O3S3/c1-24-16(23)10-6-4-3-5-9(10)15(22)21-17-19-11-7-8-12-14(13(11)26-17)27-18(20-12)25-2/h3-8H,1-2H3,(H,19,21,22). The number of fused-ring (bicyclic) bond motifs is 3. The van der Waals surface area contributed by atoms with Gasteiger partial charge in [-0.3, -0.25) is 10.1 Å². The number of hydrogen-bond acceptors (Lipinski definition) is 8. The number of hydrogen-bond donors (Lipinski definition) is 1. The first-order valence-corrected chi connectivity index (χ1v) is 10.7. The van der Waals surface area contributed by atoms with Crippen molar-refractivity contribution in [3.8, 4) is 0 Å². The molecule has 6 nitrogen and oxygen atoms in total. The Morgan fingerprint density at radius 2 is 1.67 bits per heavy atom. The first-order chi connectivity index (χ1) is 13.1. The first-order valence-electron chi connectivity index (χ1n) is 7.83. The van der Waals surface area contributed by atoms with Gasteiger partial charge in [0.1, 0.15) is 0 Å². The van der Waals surface area contributed by atoms with Crippen LogP contribution in [0.5, 0.6) is 0 Å². The number of benzene rings is 2. The summed E-state index contributed by atoms with van der Waals surface area (Å²) in [6.45, 7) is 0. The summed E-state index contributed by atoms with van der Waals surface area (Å²) in [6, 6.07) is 10.4. The molecule has 0 fully saturated rings. The third-order valence-corrected chi connectivity index (χ3v) is 7.07. The van der Waals surface area contributed by atoms with Crippen molar-refractivity contribution in [2.75, 3.05) is 18.7 Å². The van der Waals surface area contributed by atoms with Gasteiger partial charge in [0, 0.05) is 0 Å². The van der Waals surface area contributed by atoms with Gasteiger partial charge in [0.25, 0.3) is 5.91 Å². The van der Waals surface area contributed by atoms with Gasteiger partial charge >= 0.3 is 5.97 Å². The number of ether oxygens (including phenoxy) is 1. The van der Waals surface area contributed by atoms with Gasteiger partial charge in [-0.1, -0.05) is 35.2 Å². The lowest BCUT2D eigenvalue weighted by atomic mass is 10.1. The number of thioether (sulfide) groups is 1. The van der Waals surface area contributed by atoms with Crippen LogP contribution in [0.2, 0.25) is 0 Å². The van der Waals surface area contributed by atoms with Crippen LogP contribution >= 0.6 is 34.4 Å². The second kappa shape index (κ2) is 7.26. The molecule has 0 saturated carbocycles. The average molecular weight is 416 g/mol. The molecule has 0 saturated heterocycles. The Kier molecular flexibility index (Phi) is 4.81. The normalized spacial score (nSPS) is 11.0. The van der Waals surface area contributed by atoms with Gasteiger partial charge in [-0.2, -0.15) is 0 Å². The third-order valence-electron chi connectivity index (χ3n) is 3.86. The van der Waals surface area contributed by atoms with Crippen molar-refractivity contribution >= 4 is 71.9 Å². The summed E-state index contributed by atoms with van der Waals surface area (Å²) in [7, 11) is 1.29. The third kappa shape index (κ3) is 3.29. The summed E-state index contributed by atoms with van der Waals surface area (Å²) in [6.07, 6.45) is 1.99. The van der Waals surface area contributed by atoms with Crippen molar-refractivity contribution in [1.29, 1.82) is 0 Å². The fourth-order valence-electron chi connectivity index (χ4n) is 2.63. The number of anilines is 1. The number of nitrogens with one attached hydrogen (secondary N) is 1. The van der Waals surface area contributed by atoms with Crippen LogP contribution in [0.15, 0.2) is 40.7 Å². The van der Waals surface area contributed by atoms with Crippen LogP contribution in [0.25, 0.3) is 20.4 Å². The number of thiazole rings is 2. The highest BCUT2D eigenvalue weighted by Gasteiger charge is 2.19. The van der Waals surface area contributed by atoms with Gasteiger partial charge in [-0.25, -0.2) is 14.8 Å². The second-order valence-corrected chi connectivity index (χ2v) is 8.51. The molecule has 4 aromatic rings. The predicted molar refractivity (Wildman–Crippen MR) is 110 cm³/mol. The van der Waals surface area contributed by atoms with Crippen molar-refractivity contribution in [2.45, 2.75) is 4.34 Å². The second-order valence-electron chi connectivity index (χ2n) is 5.46. The zero-order chi connectivity index (χ0) is 19.0. The number of methoxy groups -OCH3 is 1. The molecule has 1 N–H and O–H groups in total. The van der Waals surface area contributed by atoms with E-state index in [-0.39, 0.29) is 11.1 Å². The average Bonchev–Trinajstić information content (AvgIpc) is 3.30. The molecular formula is C18H13N3O3S3. The van der Waals surface area contributed by atoms with Crippen molar-refractivity contribution in [2.24, 2.45) is 0 Å². The van der Waals surface area contributed by atoms with E-state index in [9.17, 15) is 9.59 Å². The van der Waals surface area contributed by atoms with Crippen molar-refractivity contribution in [3.63, 3.8) is 0 Å². The molecule has 0 aliphatic carbocycles. The number of amides is 1. The minimum Gasteiger partial charge on any atom is -0.465 e. The monoisotopic (exact) mass is 415 g/mol. The highest BCUT2D eigenvalue weighted by Crippen LogP contribution is 2.38. The van der Waals surface area contributed by atoms with E-state index in [0.29, 0.717) is 5.13 Å². The summed E-state index contributed by atoms with van der Waals surface area (Å²) in [5.41, 5.74) is 2.19. The van der Waals surface area contributed by atoms with Crippen LogP contribution in [0.1, 0.15) is 20.7 Å². The number of rotatable bonds is 4. The molecule has 2 heterocycles. The number of aromatic nitrogens is 2. The van der Waals surface area contributed by atoms with Crippen LogP contribution < -0.4 is 5.32 Å². The maximum absolute atomic E-state index is 12.7. The maximum atomic E-state index is 12.7. The first kappa shape index (κ1) is 17.9. The summed E-state index contributed by atoms with van der Waals surface area (Å²) < 4.78 is 7.78. The molecule has 9 heteroatoms.